The van der Waals surface area contributed by atoms with Gasteiger partial charge in [0.2, 0.25) is 0 Å². The summed E-state index contributed by atoms with van der Waals surface area (Å²) in [7, 11) is 0. The molecule has 0 radical (unpaired) electrons. The van der Waals surface area contributed by atoms with Crippen molar-refractivity contribution in [2.24, 2.45) is 64.1 Å². The van der Waals surface area contributed by atoms with E-state index in [2.05, 4.69) is 51.5 Å². The molecule has 0 aromatic carbocycles. The molecule has 72 heavy (non-hydrogen) atoms. The van der Waals surface area contributed by atoms with Gasteiger partial charge in [-0.05, 0) is 126 Å². The van der Waals surface area contributed by atoms with Crippen molar-refractivity contribution in [2.45, 2.75) is 196 Å². The molecule has 0 unspecified atom stereocenters. The molecule has 2 N–H and O–H groups in total. The number of ether oxygens (including phenoxy) is 2. The number of carbonyl (C=O) groups is 3. The van der Waals surface area contributed by atoms with Crippen molar-refractivity contribution in [1.82, 2.24) is 0 Å². The molecule has 0 spiro atoms. The summed E-state index contributed by atoms with van der Waals surface area (Å²) in [6.07, 6.45) is 20.9. The van der Waals surface area contributed by atoms with Gasteiger partial charge in [-0.2, -0.15) is 0 Å². The van der Waals surface area contributed by atoms with Crippen LogP contribution in [0.2, 0.25) is 0 Å². The molecular formula is C61H102F4O7. The van der Waals surface area contributed by atoms with Crippen LogP contribution in [0.4, 0.5) is 17.6 Å². The van der Waals surface area contributed by atoms with Crippen LogP contribution in [0.1, 0.15) is 184 Å². The van der Waals surface area contributed by atoms with Crippen molar-refractivity contribution in [2.75, 3.05) is 13.2 Å². The van der Waals surface area contributed by atoms with E-state index < -0.39 is 40.5 Å². The molecule has 11 heteroatoms. The SMILES string of the molecule is C#CCCOC(=O)C(C)(C)C.CC(C)[C@H](C)/C=C(/F)C=O.CC(C)[C@H](C)/C=C(/F)[C@@H](O)C#CCCOC(=O)C(C)(C)C.CCC/C=C\[C@H](C)/C(F)=C\[C@@H](C)C(C)C.CCC/C=C\[C@H](O)/C(F)=C\[C@@H](C)C(C)C. The first-order valence-corrected chi connectivity index (χ1v) is 26.0. The molecule has 416 valence electrons. The number of unbranched alkanes of at least 4 members (excludes halogenated alkanes) is 2. The number of hydrogen-bond donors (Lipinski definition) is 2. The molecule has 0 bridgehead atoms. The number of rotatable bonds is 22. The molecule has 0 aliphatic carbocycles. The highest BCUT2D eigenvalue weighted by Gasteiger charge is 2.23. The number of esters is 2. The van der Waals surface area contributed by atoms with E-state index in [4.69, 9.17) is 15.9 Å². The summed E-state index contributed by atoms with van der Waals surface area (Å²) in [4.78, 5) is 32.3. The summed E-state index contributed by atoms with van der Waals surface area (Å²) in [5.41, 5.74) is -0.969. The zero-order valence-electron chi connectivity index (χ0n) is 48.7. The highest BCUT2D eigenvalue weighted by atomic mass is 19.1. The molecular weight excluding hydrogens is 921 g/mol. The van der Waals surface area contributed by atoms with Crippen LogP contribution in [0, 0.1) is 88.3 Å². The Kier molecular flexibility index (Phi) is 47.2. The maximum Gasteiger partial charge on any atom is 0.311 e. The first-order valence-electron chi connectivity index (χ1n) is 26.0. The standard InChI is InChI=1S/C17H27FO3.C14H25F.C13H23FO.C9H14O2.C8H13FO/c1-12(2)13(3)11-14(18)15(19)9-7-8-10-21-16(20)17(4,5)6;1-6-7-8-9-12(4)14(15)10-13(5)11(2)3;1-5-6-7-8-13(15)12(14)9-11(4)10(2)3;1-5-6-7-11-8(10)9(2,3)4;1-6(2)7(3)4-8(9)5-10/h11-13,15,19H,8,10H2,1-6H3;8-13H,6-7H2,1-5H3;7-11,13,15H,5-6H2,1-4H3;1H,6-7H2,2-4H3;4-7H,1-3H3/b14-11+;9-8-,14-10+;8-7-,12-9+;;8-4+/t13-,15+;12-,13+;11-,13+;;7-/m101.1/s1. The lowest BCUT2D eigenvalue weighted by Gasteiger charge is -2.15. The number of aliphatic hydroxyl groups excluding tert-OH is 2. The van der Waals surface area contributed by atoms with Gasteiger partial charge in [0.15, 0.2) is 18.2 Å². The summed E-state index contributed by atoms with van der Waals surface area (Å²) >= 11 is 0. The van der Waals surface area contributed by atoms with E-state index in [1.54, 1.807) is 26.8 Å². The smallest absolute Gasteiger partial charge is 0.311 e. The van der Waals surface area contributed by atoms with Crippen molar-refractivity contribution in [3.8, 4) is 24.2 Å². The molecule has 0 aromatic heterocycles. The lowest BCUT2D eigenvalue weighted by molar-refractivity contribution is -0.153. The summed E-state index contributed by atoms with van der Waals surface area (Å²) < 4.78 is 62.8. The zero-order valence-corrected chi connectivity index (χ0v) is 48.7. The van der Waals surface area contributed by atoms with Crippen LogP contribution in [-0.2, 0) is 23.9 Å². The van der Waals surface area contributed by atoms with Crippen LogP contribution in [0.25, 0.3) is 0 Å². The van der Waals surface area contributed by atoms with E-state index in [-0.39, 0.29) is 60.8 Å². The third kappa shape index (κ3) is 46.9. The molecule has 0 heterocycles. The van der Waals surface area contributed by atoms with Crippen LogP contribution >= 0.6 is 0 Å². The fraction of sp³-hybridized carbons (Fsp3) is 0.689. The first-order chi connectivity index (χ1) is 33.1. The van der Waals surface area contributed by atoms with Crippen LogP contribution in [0.3, 0.4) is 0 Å². The lowest BCUT2D eigenvalue weighted by atomic mass is 9.95. The van der Waals surface area contributed by atoms with E-state index in [0.717, 1.165) is 25.7 Å². The van der Waals surface area contributed by atoms with Crippen molar-refractivity contribution < 1.29 is 51.6 Å². The first kappa shape index (κ1) is 76.7. The number of aliphatic hydroxyl groups is 2. The maximum atomic E-state index is 13.6. The molecule has 0 aliphatic heterocycles. The Balaban J connectivity index is -0.000000266. The molecule has 0 rings (SSSR count). The lowest BCUT2D eigenvalue weighted by Crippen LogP contribution is -2.23. The fourth-order valence-electron chi connectivity index (χ4n) is 4.27. The summed E-state index contributed by atoms with van der Waals surface area (Å²) in [5, 5.41) is 19.0. The molecule has 7 atom stereocenters. The van der Waals surface area contributed by atoms with Crippen LogP contribution in [0.15, 0.2) is 71.9 Å². The zero-order chi connectivity index (χ0) is 57.4. The molecule has 7 nitrogen and oxygen atoms in total. The largest absolute Gasteiger partial charge is 0.464 e. The van der Waals surface area contributed by atoms with Gasteiger partial charge in [-0.3, -0.25) is 14.4 Å². The second-order valence-corrected chi connectivity index (χ2v) is 21.6. The van der Waals surface area contributed by atoms with Gasteiger partial charge in [-0.15, -0.1) is 12.3 Å². The van der Waals surface area contributed by atoms with E-state index in [1.807, 2.05) is 109 Å². The Labute approximate surface area is 437 Å². The topological polar surface area (TPSA) is 110 Å². The van der Waals surface area contributed by atoms with Crippen LogP contribution < -0.4 is 0 Å². The van der Waals surface area contributed by atoms with Gasteiger partial charge >= 0.3 is 11.9 Å². The van der Waals surface area contributed by atoms with E-state index in [1.165, 1.54) is 24.3 Å². The molecule has 0 amide bonds. The molecule has 0 saturated heterocycles. The van der Waals surface area contributed by atoms with Gasteiger partial charge in [-0.25, -0.2) is 17.6 Å². The highest BCUT2D eigenvalue weighted by molar-refractivity contribution is 5.75. The predicted octanol–water partition coefficient (Wildman–Crippen LogP) is 16.4. The Morgan fingerprint density at radius 1 is 0.569 bits per heavy atom. The number of halogens is 4. The average molecular weight is 1020 g/mol. The fourth-order valence-corrected chi connectivity index (χ4v) is 4.27. The highest BCUT2D eigenvalue weighted by Crippen LogP contribution is 2.22. The minimum Gasteiger partial charge on any atom is -0.464 e. The van der Waals surface area contributed by atoms with Crippen molar-refractivity contribution in [3.05, 3.63) is 71.9 Å². The summed E-state index contributed by atoms with van der Waals surface area (Å²) in [6, 6.07) is 0. The number of terminal acetylenes is 1. The third-order valence-electron chi connectivity index (χ3n) is 11.0. The summed E-state index contributed by atoms with van der Waals surface area (Å²) in [5.74, 6) is 7.32. The third-order valence-corrected chi connectivity index (χ3v) is 11.0. The number of allylic oxidation sites excluding steroid dienone is 9. The number of hydrogen-bond acceptors (Lipinski definition) is 7. The van der Waals surface area contributed by atoms with Crippen LogP contribution in [-0.4, -0.2) is 53.9 Å². The second kappa shape index (κ2) is 44.3. The van der Waals surface area contributed by atoms with Crippen molar-refractivity contribution in [1.29, 1.82) is 0 Å². The second-order valence-electron chi connectivity index (χ2n) is 21.6. The van der Waals surface area contributed by atoms with Gasteiger partial charge < -0.3 is 19.7 Å². The van der Waals surface area contributed by atoms with E-state index in [0.29, 0.717) is 42.6 Å². The van der Waals surface area contributed by atoms with E-state index in [9.17, 15) is 42.2 Å². The predicted molar refractivity (Wildman–Crippen MR) is 295 cm³/mol. The van der Waals surface area contributed by atoms with Crippen LogP contribution in [0.5, 0.6) is 0 Å². The minimum atomic E-state index is -1.41. The van der Waals surface area contributed by atoms with Gasteiger partial charge in [0, 0.05) is 18.8 Å². The molecule has 0 aliphatic rings. The quantitative estimate of drug-likeness (QED) is 0.0211. The van der Waals surface area contributed by atoms with Gasteiger partial charge in [0.25, 0.3) is 0 Å². The molecule has 0 aromatic rings. The summed E-state index contributed by atoms with van der Waals surface area (Å²) in [6.45, 7) is 41.3. The van der Waals surface area contributed by atoms with E-state index >= 15 is 0 Å². The van der Waals surface area contributed by atoms with Gasteiger partial charge in [0.05, 0.1) is 10.8 Å². The Morgan fingerprint density at radius 3 is 1.29 bits per heavy atom. The maximum absolute atomic E-state index is 13.6. The Morgan fingerprint density at radius 2 is 0.931 bits per heavy atom. The number of aldehydes is 1. The van der Waals surface area contributed by atoms with Gasteiger partial charge in [0.1, 0.15) is 36.8 Å². The van der Waals surface area contributed by atoms with Crippen molar-refractivity contribution in [3.63, 3.8) is 0 Å². The number of carbonyl (C=O) groups excluding carboxylic acids is 3. The Hall–Kier alpha value is -4.19. The van der Waals surface area contributed by atoms with Gasteiger partial charge in [-0.1, -0.05) is 153 Å². The van der Waals surface area contributed by atoms with Crippen molar-refractivity contribution >= 4 is 18.2 Å². The normalized spacial score (nSPS) is 15.4. The Bertz CT molecular complexity index is 1690. The molecule has 0 saturated carbocycles. The monoisotopic (exact) mass is 1020 g/mol. The minimum absolute atomic E-state index is 0.00329. The average Bonchev–Trinajstić information content (AvgIpc) is 3.28. The molecule has 0 fully saturated rings.